The summed E-state index contributed by atoms with van der Waals surface area (Å²) in [7, 11) is 1.60. The van der Waals surface area contributed by atoms with Crippen molar-refractivity contribution < 1.29 is 14.3 Å². The lowest BCUT2D eigenvalue weighted by Gasteiger charge is -2.14. The second-order valence-electron chi connectivity index (χ2n) is 6.07. The molecule has 0 heterocycles. The summed E-state index contributed by atoms with van der Waals surface area (Å²) >= 11 is 0. The molecule has 25 heavy (non-hydrogen) atoms. The van der Waals surface area contributed by atoms with Gasteiger partial charge in [-0.05, 0) is 49.1 Å². The molecule has 2 aromatic rings. The highest BCUT2D eigenvalue weighted by atomic mass is 16.5. The second kappa shape index (κ2) is 9.84. The molecular weight excluding hydrogens is 314 g/mol. The Morgan fingerprint density at radius 3 is 2.20 bits per heavy atom. The molecule has 0 aliphatic carbocycles. The lowest BCUT2D eigenvalue weighted by Crippen LogP contribution is -2.34. The zero-order chi connectivity index (χ0) is 18.1. The molecule has 1 amide bonds. The van der Waals surface area contributed by atoms with Gasteiger partial charge >= 0.3 is 0 Å². The van der Waals surface area contributed by atoms with E-state index >= 15 is 0 Å². The standard InChI is InChI=1S/C21H27NO3/c1-4-25-20-11-9-19(10-12-20)18-7-5-17(6-8-18)15-16(2)22-21(23)13-14-24-3/h5-12,16H,4,13-15H2,1-3H3,(H,22,23). The molecule has 0 aliphatic heterocycles. The van der Waals surface area contributed by atoms with Gasteiger partial charge in [-0.2, -0.15) is 0 Å². The van der Waals surface area contributed by atoms with E-state index in [-0.39, 0.29) is 11.9 Å². The lowest BCUT2D eigenvalue weighted by atomic mass is 10.0. The first-order valence-corrected chi connectivity index (χ1v) is 8.73. The van der Waals surface area contributed by atoms with Crippen molar-refractivity contribution in [3.05, 3.63) is 54.1 Å². The van der Waals surface area contributed by atoms with E-state index in [1.165, 1.54) is 11.1 Å². The fourth-order valence-corrected chi connectivity index (χ4v) is 2.69. The van der Waals surface area contributed by atoms with Gasteiger partial charge in [0.1, 0.15) is 5.75 Å². The number of nitrogens with one attached hydrogen (secondary N) is 1. The Morgan fingerprint density at radius 2 is 1.64 bits per heavy atom. The normalized spacial score (nSPS) is 11.8. The molecule has 0 spiro atoms. The van der Waals surface area contributed by atoms with Gasteiger partial charge in [0.2, 0.25) is 5.91 Å². The Hall–Kier alpha value is -2.33. The van der Waals surface area contributed by atoms with Crippen LogP contribution in [0.3, 0.4) is 0 Å². The summed E-state index contributed by atoms with van der Waals surface area (Å²) in [5.74, 6) is 0.918. The van der Waals surface area contributed by atoms with Crippen molar-refractivity contribution in [2.45, 2.75) is 32.7 Å². The molecule has 0 fully saturated rings. The SMILES string of the molecule is CCOc1ccc(-c2ccc(CC(C)NC(=O)CCOC)cc2)cc1. The topological polar surface area (TPSA) is 47.6 Å². The zero-order valence-electron chi connectivity index (χ0n) is 15.2. The highest BCUT2D eigenvalue weighted by molar-refractivity contribution is 5.76. The van der Waals surface area contributed by atoms with Gasteiger partial charge < -0.3 is 14.8 Å². The van der Waals surface area contributed by atoms with Crippen LogP contribution in [-0.2, 0) is 16.0 Å². The third-order valence-corrected chi connectivity index (χ3v) is 3.94. The minimum absolute atomic E-state index is 0.0281. The molecule has 1 N–H and O–H groups in total. The van der Waals surface area contributed by atoms with Crippen molar-refractivity contribution in [3.63, 3.8) is 0 Å². The van der Waals surface area contributed by atoms with Crippen molar-refractivity contribution in [1.29, 1.82) is 0 Å². The van der Waals surface area contributed by atoms with E-state index < -0.39 is 0 Å². The number of hydrogen-bond acceptors (Lipinski definition) is 3. The minimum Gasteiger partial charge on any atom is -0.494 e. The summed E-state index contributed by atoms with van der Waals surface area (Å²) in [6.45, 7) is 5.13. The molecular formula is C21H27NO3. The van der Waals surface area contributed by atoms with Crippen LogP contribution in [0.2, 0.25) is 0 Å². The van der Waals surface area contributed by atoms with E-state index in [9.17, 15) is 4.79 Å². The summed E-state index contributed by atoms with van der Waals surface area (Å²) in [5.41, 5.74) is 3.54. The average Bonchev–Trinajstić information content (AvgIpc) is 2.61. The number of carbonyl (C=O) groups excluding carboxylic acids is 1. The van der Waals surface area contributed by atoms with Crippen molar-refractivity contribution >= 4 is 5.91 Å². The van der Waals surface area contributed by atoms with E-state index in [4.69, 9.17) is 9.47 Å². The number of amides is 1. The Kier molecular flexibility index (Phi) is 7.48. The fourth-order valence-electron chi connectivity index (χ4n) is 2.69. The monoisotopic (exact) mass is 341 g/mol. The van der Waals surface area contributed by atoms with Gasteiger partial charge in [-0.15, -0.1) is 0 Å². The Balaban J connectivity index is 1.91. The van der Waals surface area contributed by atoms with E-state index in [0.717, 1.165) is 17.7 Å². The summed E-state index contributed by atoms with van der Waals surface area (Å²) in [4.78, 5) is 11.7. The van der Waals surface area contributed by atoms with Crippen LogP contribution in [0.4, 0.5) is 0 Å². The summed E-state index contributed by atoms with van der Waals surface area (Å²) in [6.07, 6.45) is 1.21. The molecule has 4 heteroatoms. The molecule has 0 radical (unpaired) electrons. The number of carbonyl (C=O) groups is 1. The predicted octanol–water partition coefficient (Wildman–Crippen LogP) is 3.84. The van der Waals surface area contributed by atoms with Crippen molar-refractivity contribution in [2.75, 3.05) is 20.3 Å². The molecule has 1 atom stereocenters. The first-order chi connectivity index (χ1) is 12.1. The van der Waals surface area contributed by atoms with Crippen molar-refractivity contribution in [1.82, 2.24) is 5.32 Å². The van der Waals surface area contributed by atoms with Crippen LogP contribution in [0.15, 0.2) is 48.5 Å². The molecule has 0 aliphatic rings. The van der Waals surface area contributed by atoms with Crippen LogP contribution >= 0.6 is 0 Å². The van der Waals surface area contributed by atoms with Crippen LogP contribution in [0.25, 0.3) is 11.1 Å². The van der Waals surface area contributed by atoms with Crippen molar-refractivity contribution in [3.8, 4) is 16.9 Å². The number of methoxy groups -OCH3 is 1. The molecule has 0 bridgehead atoms. The summed E-state index contributed by atoms with van der Waals surface area (Å²) < 4.78 is 10.4. The second-order valence-corrected chi connectivity index (χ2v) is 6.07. The first-order valence-electron chi connectivity index (χ1n) is 8.73. The Bertz CT molecular complexity index is 650. The third kappa shape index (κ3) is 6.24. The molecule has 0 saturated carbocycles. The molecule has 0 aromatic heterocycles. The van der Waals surface area contributed by atoms with Crippen LogP contribution < -0.4 is 10.1 Å². The Labute approximate surface area is 150 Å². The molecule has 4 nitrogen and oxygen atoms in total. The number of rotatable bonds is 9. The van der Waals surface area contributed by atoms with E-state index in [0.29, 0.717) is 19.6 Å². The van der Waals surface area contributed by atoms with Crippen LogP contribution in [0, 0.1) is 0 Å². The first kappa shape index (κ1) is 19.0. The van der Waals surface area contributed by atoms with Gasteiger partial charge in [-0.25, -0.2) is 0 Å². The van der Waals surface area contributed by atoms with Gasteiger partial charge in [0.25, 0.3) is 0 Å². The highest BCUT2D eigenvalue weighted by Gasteiger charge is 2.08. The van der Waals surface area contributed by atoms with Crippen LogP contribution in [0.1, 0.15) is 25.8 Å². The fraction of sp³-hybridized carbons (Fsp3) is 0.381. The van der Waals surface area contributed by atoms with Crippen LogP contribution in [-0.4, -0.2) is 32.3 Å². The summed E-state index contributed by atoms with van der Waals surface area (Å²) in [6, 6.07) is 16.7. The smallest absolute Gasteiger partial charge is 0.222 e. The van der Waals surface area contributed by atoms with Gasteiger partial charge in [0.05, 0.1) is 13.2 Å². The highest BCUT2D eigenvalue weighted by Crippen LogP contribution is 2.23. The quantitative estimate of drug-likeness (QED) is 0.754. The van der Waals surface area contributed by atoms with E-state index in [1.807, 2.05) is 26.0 Å². The van der Waals surface area contributed by atoms with Crippen molar-refractivity contribution in [2.24, 2.45) is 0 Å². The predicted molar refractivity (Wildman–Crippen MR) is 101 cm³/mol. The molecule has 2 rings (SSSR count). The van der Waals surface area contributed by atoms with Gasteiger partial charge in [-0.1, -0.05) is 36.4 Å². The molecule has 2 aromatic carbocycles. The summed E-state index contributed by atoms with van der Waals surface area (Å²) in [5, 5.41) is 2.99. The van der Waals surface area contributed by atoms with E-state index in [1.54, 1.807) is 7.11 Å². The van der Waals surface area contributed by atoms with Gasteiger partial charge in [0.15, 0.2) is 0 Å². The lowest BCUT2D eigenvalue weighted by molar-refractivity contribution is -0.122. The zero-order valence-corrected chi connectivity index (χ0v) is 15.2. The maximum Gasteiger partial charge on any atom is 0.222 e. The maximum atomic E-state index is 11.7. The minimum atomic E-state index is 0.0281. The van der Waals surface area contributed by atoms with Gasteiger partial charge in [0, 0.05) is 19.6 Å². The number of hydrogen-bond donors (Lipinski definition) is 1. The Morgan fingerprint density at radius 1 is 1.04 bits per heavy atom. The van der Waals surface area contributed by atoms with Gasteiger partial charge in [-0.3, -0.25) is 4.79 Å². The van der Waals surface area contributed by atoms with Crippen LogP contribution in [0.5, 0.6) is 5.75 Å². The number of benzene rings is 2. The largest absolute Gasteiger partial charge is 0.494 e. The molecule has 134 valence electrons. The number of ether oxygens (including phenoxy) is 2. The van der Waals surface area contributed by atoms with E-state index in [2.05, 4.69) is 41.7 Å². The molecule has 1 unspecified atom stereocenters. The molecule has 0 saturated heterocycles. The third-order valence-electron chi connectivity index (χ3n) is 3.94. The maximum absolute atomic E-state index is 11.7. The average molecular weight is 341 g/mol.